The van der Waals surface area contributed by atoms with Gasteiger partial charge in [0.25, 0.3) is 11.8 Å². The van der Waals surface area contributed by atoms with Crippen molar-refractivity contribution in [2.75, 3.05) is 0 Å². The molecule has 7 rings (SSSR count). The van der Waals surface area contributed by atoms with Crippen molar-refractivity contribution in [1.29, 1.82) is 0 Å². The van der Waals surface area contributed by atoms with E-state index in [-0.39, 0.29) is 35.5 Å². The van der Waals surface area contributed by atoms with Crippen LogP contribution in [0.3, 0.4) is 0 Å². The van der Waals surface area contributed by atoms with Gasteiger partial charge in [-0.15, -0.1) is 0 Å². The van der Waals surface area contributed by atoms with Crippen LogP contribution in [-0.4, -0.2) is 23.0 Å². The van der Waals surface area contributed by atoms with Crippen LogP contribution in [-0.2, 0) is 16.2 Å². The highest BCUT2D eigenvalue weighted by atomic mass is 35.5. The predicted molar refractivity (Wildman–Crippen MR) is 116 cm³/mol. The third-order valence-electron chi connectivity index (χ3n) is 7.19. The first-order chi connectivity index (χ1) is 15.1. The molecule has 1 saturated heterocycles. The van der Waals surface area contributed by atoms with Crippen LogP contribution in [0.15, 0.2) is 65.8 Å². The van der Waals surface area contributed by atoms with Crippen LogP contribution in [0.1, 0.15) is 17.5 Å². The smallest absolute Gasteiger partial charge is 0.254 e. The average molecular weight is 433 g/mol. The molecular formula is C25H21ClN2O3. The number of benzene rings is 2. The van der Waals surface area contributed by atoms with Crippen molar-refractivity contribution in [3.05, 3.63) is 76.8 Å². The molecule has 0 radical (unpaired) electrons. The van der Waals surface area contributed by atoms with Gasteiger partial charge in [0.1, 0.15) is 12.4 Å². The fraction of sp³-hybridized carbons (Fsp3) is 0.320. The first-order valence-corrected chi connectivity index (χ1v) is 11.1. The molecule has 2 amide bonds. The Morgan fingerprint density at radius 1 is 0.968 bits per heavy atom. The number of allylic oxidation sites excluding steroid dienone is 2. The summed E-state index contributed by atoms with van der Waals surface area (Å²) in [4.78, 5) is 25.9. The van der Waals surface area contributed by atoms with E-state index >= 15 is 0 Å². The maximum Gasteiger partial charge on any atom is 0.254 e. The van der Waals surface area contributed by atoms with Crippen molar-refractivity contribution < 1.29 is 14.3 Å². The molecule has 0 unspecified atom stereocenters. The zero-order chi connectivity index (χ0) is 21.1. The Morgan fingerprint density at radius 3 is 2.26 bits per heavy atom. The van der Waals surface area contributed by atoms with Crippen LogP contribution in [0.5, 0.6) is 5.75 Å². The van der Waals surface area contributed by atoms with Crippen molar-refractivity contribution in [2.45, 2.75) is 13.0 Å². The molecule has 6 atom stereocenters. The lowest BCUT2D eigenvalue weighted by atomic mass is 9.63. The molecule has 5 aliphatic rings. The lowest BCUT2D eigenvalue weighted by Crippen LogP contribution is -2.40. The van der Waals surface area contributed by atoms with E-state index < -0.39 is 0 Å². The molecule has 0 spiro atoms. The largest absolute Gasteiger partial charge is 0.489 e. The van der Waals surface area contributed by atoms with Gasteiger partial charge < -0.3 is 4.74 Å². The van der Waals surface area contributed by atoms with E-state index in [1.807, 2.05) is 48.5 Å². The van der Waals surface area contributed by atoms with E-state index in [0.717, 1.165) is 22.6 Å². The van der Waals surface area contributed by atoms with Gasteiger partial charge in [0, 0.05) is 10.6 Å². The molecule has 2 bridgehead atoms. The molecule has 156 valence electrons. The Labute approximate surface area is 185 Å². The van der Waals surface area contributed by atoms with Crippen molar-refractivity contribution in [1.82, 2.24) is 5.01 Å². The predicted octanol–water partition coefficient (Wildman–Crippen LogP) is 4.31. The molecule has 3 fully saturated rings. The number of hydrogen-bond donors (Lipinski definition) is 0. The van der Waals surface area contributed by atoms with Gasteiger partial charge in [-0.1, -0.05) is 42.0 Å². The van der Waals surface area contributed by atoms with Gasteiger partial charge in [-0.25, -0.2) is 0 Å². The summed E-state index contributed by atoms with van der Waals surface area (Å²) >= 11 is 6.16. The lowest BCUT2D eigenvalue weighted by molar-refractivity contribution is -0.140. The third-order valence-corrected chi connectivity index (χ3v) is 7.56. The van der Waals surface area contributed by atoms with Crippen molar-refractivity contribution in [2.24, 2.45) is 40.6 Å². The van der Waals surface area contributed by atoms with E-state index in [2.05, 4.69) is 17.3 Å². The summed E-state index contributed by atoms with van der Waals surface area (Å²) in [5, 5.41) is 6.05. The molecule has 0 aromatic heterocycles. The zero-order valence-electron chi connectivity index (χ0n) is 16.7. The second kappa shape index (κ2) is 7.06. The Hall–Kier alpha value is -2.92. The Morgan fingerprint density at radius 2 is 1.61 bits per heavy atom. The number of hydrazone groups is 1. The molecule has 2 aromatic rings. The number of amides is 2. The molecule has 4 aliphatic carbocycles. The van der Waals surface area contributed by atoms with Crippen molar-refractivity contribution in [3.63, 3.8) is 0 Å². The minimum Gasteiger partial charge on any atom is -0.489 e. The Kier molecular flexibility index (Phi) is 4.29. The summed E-state index contributed by atoms with van der Waals surface area (Å²) in [6.45, 7) is 0.380. The number of ether oxygens (including phenoxy) is 1. The standard InChI is InChI=1S/C25H21ClN2O3/c26-21-4-2-1-3-15(21)13-31-16-7-5-14(6-8-16)12-27-28-24(29)22-17-9-10-18(20-11-19(17)20)23(22)25(28)30/h1-10,12,17-20,22-23H,11,13H2/t17-,18-,19-,20-,22+,23+/m0/s1. The number of hydrogen-bond acceptors (Lipinski definition) is 4. The van der Waals surface area contributed by atoms with E-state index in [4.69, 9.17) is 16.3 Å². The average Bonchev–Trinajstić information content (AvgIpc) is 3.57. The number of nitrogens with zero attached hydrogens (tertiary/aromatic N) is 2. The van der Waals surface area contributed by atoms with Crippen LogP contribution < -0.4 is 4.74 Å². The summed E-state index contributed by atoms with van der Waals surface area (Å²) in [7, 11) is 0. The highest BCUT2D eigenvalue weighted by Crippen LogP contribution is 2.65. The fourth-order valence-corrected chi connectivity index (χ4v) is 5.80. The summed E-state index contributed by atoms with van der Waals surface area (Å²) in [5.74, 6) is 1.60. The second-order valence-corrected chi connectivity index (χ2v) is 9.24. The Balaban J connectivity index is 1.13. The number of rotatable bonds is 5. The fourth-order valence-electron chi connectivity index (χ4n) is 5.61. The molecule has 5 nitrogen and oxygen atoms in total. The van der Waals surface area contributed by atoms with Crippen molar-refractivity contribution >= 4 is 29.6 Å². The quantitative estimate of drug-likeness (QED) is 0.402. The summed E-state index contributed by atoms with van der Waals surface area (Å²) in [6, 6.07) is 14.9. The van der Waals surface area contributed by atoms with Gasteiger partial charge >= 0.3 is 0 Å². The van der Waals surface area contributed by atoms with Gasteiger partial charge in [-0.2, -0.15) is 10.1 Å². The molecular weight excluding hydrogens is 412 g/mol. The summed E-state index contributed by atoms with van der Waals surface area (Å²) < 4.78 is 5.79. The molecule has 6 heteroatoms. The molecule has 0 N–H and O–H groups in total. The summed E-state index contributed by atoms with van der Waals surface area (Å²) in [6.07, 6.45) is 7.06. The minimum absolute atomic E-state index is 0.143. The normalized spacial score (nSPS) is 32.5. The second-order valence-electron chi connectivity index (χ2n) is 8.84. The molecule has 1 aliphatic heterocycles. The SMILES string of the molecule is O=C1[C@@H]2[C@H]3C=C[C@@H]([C@@H]4C[C@@H]34)[C@H]2C(=O)N1N=Cc1ccc(OCc2ccccc2Cl)cc1. The van der Waals surface area contributed by atoms with Crippen LogP contribution in [0.4, 0.5) is 0 Å². The molecule has 2 saturated carbocycles. The zero-order valence-corrected chi connectivity index (χ0v) is 17.5. The van der Waals surface area contributed by atoms with Crippen LogP contribution >= 0.6 is 11.6 Å². The topological polar surface area (TPSA) is 59.0 Å². The van der Waals surface area contributed by atoms with Crippen molar-refractivity contribution in [3.8, 4) is 5.75 Å². The maximum atomic E-state index is 13.0. The number of imide groups is 1. The molecule has 31 heavy (non-hydrogen) atoms. The van der Waals surface area contributed by atoms with Gasteiger partial charge in [-0.3, -0.25) is 9.59 Å². The third kappa shape index (κ3) is 3.02. The lowest BCUT2D eigenvalue weighted by Gasteiger charge is -2.37. The summed E-state index contributed by atoms with van der Waals surface area (Å²) in [5.41, 5.74) is 1.72. The van der Waals surface area contributed by atoms with E-state index in [1.54, 1.807) is 6.21 Å². The van der Waals surface area contributed by atoms with Gasteiger partial charge in [0.05, 0.1) is 18.1 Å². The van der Waals surface area contributed by atoms with Gasteiger partial charge in [-0.05, 0) is 66.0 Å². The number of halogens is 1. The monoisotopic (exact) mass is 432 g/mol. The van der Waals surface area contributed by atoms with E-state index in [9.17, 15) is 9.59 Å². The first-order valence-electron chi connectivity index (χ1n) is 10.7. The first kappa shape index (κ1) is 18.8. The minimum atomic E-state index is -0.219. The van der Waals surface area contributed by atoms with Crippen LogP contribution in [0, 0.1) is 35.5 Å². The molecule has 1 heterocycles. The molecule has 2 aromatic carbocycles. The number of carbonyl (C=O) groups excluding carboxylic acids is 2. The number of carbonyl (C=O) groups is 2. The van der Waals surface area contributed by atoms with E-state index in [1.165, 1.54) is 0 Å². The Bertz CT molecular complexity index is 1090. The van der Waals surface area contributed by atoms with Gasteiger partial charge in [0.2, 0.25) is 0 Å². The maximum absolute atomic E-state index is 13.0. The van der Waals surface area contributed by atoms with Crippen LogP contribution in [0.25, 0.3) is 0 Å². The highest BCUT2D eigenvalue weighted by Gasteiger charge is 2.67. The van der Waals surface area contributed by atoms with Gasteiger partial charge in [0.15, 0.2) is 0 Å². The van der Waals surface area contributed by atoms with E-state index in [0.29, 0.717) is 29.2 Å². The highest BCUT2D eigenvalue weighted by molar-refractivity contribution is 6.31. The van der Waals surface area contributed by atoms with Crippen LogP contribution in [0.2, 0.25) is 5.02 Å².